The Labute approximate surface area is 765 Å². The van der Waals surface area contributed by atoms with Crippen molar-refractivity contribution in [3.05, 3.63) is 209 Å². The van der Waals surface area contributed by atoms with Gasteiger partial charge in [-0.2, -0.15) is 0 Å². The Kier molecular flexibility index (Phi) is 34.2. The van der Waals surface area contributed by atoms with E-state index in [1.807, 2.05) is 68.0 Å². The van der Waals surface area contributed by atoms with E-state index >= 15 is 0 Å². The second-order valence-electron chi connectivity index (χ2n) is 36.7. The summed E-state index contributed by atoms with van der Waals surface area (Å²) >= 11 is 13.7. The topological polar surface area (TPSA) is 0 Å². The molecule has 16 rings (SSSR count). The van der Waals surface area contributed by atoms with Gasteiger partial charge in [0.05, 0.1) is 0 Å². The summed E-state index contributed by atoms with van der Waals surface area (Å²) in [4.78, 5) is 24.8. The van der Waals surface area contributed by atoms with Gasteiger partial charge in [-0.1, -0.05) is 287 Å². The van der Waals surface area contributed by atoms with E-state index in [9.17, 15) is 0 Å². The normalized spacial score (nSPS) is 15.2. The van der Waals surface area contributed by atoms with Crippen molar-refractivity contribution in [1.82, 2.24) is 0 Å². The molecule has 4 atom stereocenters. The van der Waals surface area contributed by atoms with Crippen molar-refractivity contribution in [2.75, 3.05) is 0 Å². The largest absolute Gasteiger partial charge is 0.152 e. The van der Waals surface area contributed by atoms with Crippen molar-refractivity contribution >= 4 is 188 Å². The summed E-state index contributed by atoms with van der Waals surface area (Å²) in [7, 11) is -5.89. The first kappa shape index (κ1) is 93.3. The van der Waals surface area contributed by atoms with Crippen LogP contribution in [0.3, 0.4) is 0 Å². The number of benzene rings is 4. The molecule has 640 valence electrons. The third kappa shape index (κ3) is 20.1. The molecule has 0 N–H and O–H groups in total. The maximum Gasteiger partial charge on any atom is 0.152 e. The van der Waals surface area contributed by atoms with Crippen LogP contribution in [0.2, 0.25) is 23.4 Å². The second-order valence-corrected chi connectivity index (χ2v) is 66.5. The van der Waals surface area contributed by atoms with E-state index in [1.165, 1.54) is 242 Å². The van der Waals surface area contributed by atoms with Gasteiger partial charge in [-0.15, -0.1) is 68.0 Å². The summed E-state index contributed by atoms with van der Waals surface area (Å²) in [5.74, 6) is 3.38. The van der Waals surface area contributed by atoms with Gasteiger partial charge in [0.2, 0.25) is 0 Å². The number of hydrogen-bond acceptors (Lipinski definition) is 8. The van der Waals surface area contributed by atoms with E-state index in [0.29, 0.717) is 0 Å². The molecule has 120 heavy (non-hydrogen) atoms. The molecule has 4 aromatic carbocycles. The van der Waals surface area contributed by atoms with Crippen LogP contribution in [-0.4, -0.2) is 37.5 Å². The molecule has 0 spiro atoms. The minimum Gasteiger partial charge on any atom is -0.140 e. The fourth-order valence-electron chi connectivity index (χ4n) is 21.8. The number of unbranched alkanes of at least 4 members (excludes halogenated alkanes) is 14. The van der Waals surface area contributed by atoms with E-state index < -0.39 is 37.5 Å². The van der Waals surface area contributed by atoms with Crippen molar-refractivity contribution < 1.29 is 0 Å². The Morgan fingerprint density at radius 3 is 0.775 bits per heavy atom. The predicted octanol–water partition coefficient (Wildman–Crippen LogP) is 29.1. The molecule has 0 saturated carbocycles. The molecule has 4 unspecified atom stereocenters. The van der Waals surface area contributed by atoms with E-state index in [4.69, 9.17) is 0 Å². The van der Waals surface area contributed by atoms with Crippen LogP contribution < -0.4 is 59.9 Å². The van der Waals surface area contributed by atoms with Crippen molar-refractivity contribution in [2.45, 2.75) is 314 Å². The number of fused-ring (bicyclic) bond motifs is 12. The molecule has 4 aliphatic rings. The van der Waals surface area contributed by atoms with Gasteiger partial charge >= 0.3 is 176 Å². The van der Waals surface area contributed by atoms with Gasteiger partial charge in [-0.3, -0.25) is 0 Å². The molecule has 0 aliphatic carbocycles. The zero-order valence-corrected chi connectivity index (χ0v) is 88.0. The summed E-state index contributed by atoms with van der Waals surface area (Å²) in [5, 5.41) is 16.7. The van der Waals surface area contributed by atoms with Gasteiger partial charge in [0.25, 0.3) is 0 Å². The molecule has 0 amide bonds. The number of hydrogen-bond donors (Lipinski definition) is 0. The monoisotopic (exact) mass is 1850 g/mol. The summed E-state index contributed by atoms with van der Waals surface area (Å²) < 4.78 is 5.20. The summed E-state index contributed by atoms with van der Waals surface area (Å²) in [5.41, 5.74) is 0. The molecule has 4 aliphatic heterocycles. The molecule has 0 nitrogen and oxygen atoms in total. The molecule has 0 saturated heterocycles. The Hall–Kier alpha value is -4.33. The average molecular weight is 1860 g/mol. The van der Waals surface area contributed by atoms with Crippen molar-refractivity contribution in [3.63, 3.8) is 0 Å². The van der Waals surface area contributed by atoms with Crippen LogP contribution in [0.15, 0.2) is 170 Å². The average Bonchev–Trinajstić information content (AvgIpc) is 1.56. The van der Waals surface area contributed by atoms with Gasteiger partial charge in [0.1, 0.15) is 0 Å². The van der Waals surface area contributed by atoms with Crippen LogP contribution in [0, 0.1) is 79.1 Å². The van der Waals surface area contributed by atoms with Gasteiger partial charge in [-0.05, 0) is 161 Å². The molecule has 12 heteroatoms. The fraction of sp³-hybridized carbons (Fsp3) is 0.481. The zero-order valence-electron chi connectivity index (χ0n) is 76.4. The SMILES string of the molecule is CCCCC(CC)C[Si]1(c2ccccc2)c2cc(C)sc2-c2sc(C)cc21.CCCCC(CC)[CH2][Ge]1([c]2ccccc2)[c]2cc(C)sc2-c2sc(C)c[c]21.CCCCCCC(CCCC)C[Si]1(c2ccccc2)c2cc(C)sc2-c2sc(C)cc21.CCCCCCCCC(CCCCCC)C[Si]1(c2ccccc2)c2cc(C)sc2-c2sc(C)cc21. The Morgan fingerprint density at radius 1 is 0.242 bits per heavy atom. The van der Waals surface area contributed by atoms with Gasteiger partial charge in [-0.25, -0.2) is 0 Å². The maximum absolute atomic E-state index is 2.61. The molecular formula is C108H144GeS8Si3. The van der Waals surface area contributed by atoms with Crippen LogP contribution in [0.5, 0.6) is 0 Å². The second kappa shape index (κ2) is 43.9. The van der Waals surface area contributed by atoms with Crippen molar-refractivity contribution in [1.29, 1.82) is 0 Å². The van der Waals surface area contributed by atoms with E-state index in [-0.39, 0.29) is 0 Å². The zero-order chi connectivity index (χ0) is 84.6. The molecule has 8 aromatic heterocycles. The maximum atomic E-state index is 2.60. The molecule has 0 bridgehead atoms. The molecule has 0 radical (unpaired) electrons. The van der Waals surface area contributed by atoms with Crippen LogP contribution in [0.1, 0.15) is 274 Å². The minimum atomic E-state index is -2.61. The summed E-state index contributed by atoms with van der Waals surface area (Å²) in [6, 6.07) is 71.4. The Bertz CT molecular complexity index is 4810. The summed E-state index contributed by atoms with van der Waals surface area (Å²) in [6.45, 7) is 37.3. The van der Waals surface area contributed by atoms with Crippen LogP contribution in [0.4, 0.5) is 0 Å². The van der Waals surface area contributed by atoms with E-state index in [2.05, 4.69) is 303 Å². The molecule has 12 heterocycles. The molecule has 0 fully saturated rings. The van der Waals surface area contributed by atoms with Gasteiger partial charge in [0.15, 0.2) is 24.2 Å². The van der Waals surface area contributed by atoms with E-state index in [0.717, 1.165) is 23.7 Å². The molecular weight excluding hydrogens is 1710 g/mol. The summed E-state index contributed by atoms with van der Waals surface area (Å²) in [6.07, 6.45) is 38.7. The van der Waals surface area contributed by atoms with Crippen LogP contribution in [0.25, 0.3) is 39.0 Å². The fourth-order valence-corrected chi connectivity index (χ4v) is 66.9. The predicted molar refractivity (Wildman–Crippen MR) is 561 cm³/mol. The minimum absolute atomic E-state index is 0.830. The van der Waals surface area contributed by atoms with E-state index in [1.54, 1.807) is 98.9 Å². The first-order chi connectivity index (χ1) is 58.4. The smallest absolute Gasteiger partial charge is 0.140 e. The quantitative estimate of drug-likeness (QED) is 0.0265. The van der Waals surface area contributed by atoms with Crippen molar-refractivity contribution in [2.24, 2.45) is 23.7 Å². The standard InChI is InChI=1S/C32H46S2Si.C28H38S2Si.C24H30GeS2.C24H30S2Si/c1-5-7-9-11-12-15-19-27(18-14-10-8-6-2)24-35(28-20-16-13-17-21-28)29-22-25(3)33-31(29)32-30(35)23-26(4)34-32;1-5-7-9-11-15-23(14-8-6-2)20-31(24-16-12-10-13-17-24)25-18-21(3)29-27(25)28-26(31)19-22(4)30-28;1-5-7-11-19(6-2)16-25(20-12-9-8-10-13-20)21-14-17(3)26-23(21)24-22(25)15-18(4)27-24;1-5-7-11-19(6-2)16-27(20-12-9-8-10-13-20)21-14-17(3)25-23(21)24-22(27)15-18(4)26-24/h13,16-17,20-23,27H,5-12,14-15,18-19,24H2,1-4H3;10,12-13,16-19,23H,5-9,11,14-15,20H2,1-4H3;2*8-10,12-15,19H,5-7,11,16H2,1-4H3. The number of aryl methyl sites for hydroxylation is 8. The Morgan fingerprint density at radius 2 is 0.475 bits per heavy atom. The molecule has 12 aromatic rings. The Balaban J connectivity index is 0.000000139. The first-order valence-corrected chi connectivity index (χ1v) is 65.3. The van der Waals surface area contributed by atoms with Crippen LogP contribution in [-0.2, 0) is 0 Å². The number of thiophene rings is 8. The third-order valence-corrected chi connectivity index (χ3v) is 64.8. The number of rotatable bonds is 40. The van der Waals surface area contributed by atoms with Crippen molar-refractivity contribution in [3.8, 4) is 39.0 Å². The third-order valence-electron chi connectivity index (χ3n) is 27.7. The van der Waals surface area contributed by atoms with Gasteiger partial charge in [0, 0.05) is 58.5 Å². The first-order valence-electron chi connectivity index (χ1n) is 47.5. The van der Waals surface area contributed by atoms with Gasteiger partial charge < -0.3 is 0 Å². The van der Waals surface area contributed by atoms with Crippen LogP contribution >= 0.6 is 90.7 Å².